The summed E-state index contributed by atoms with van der Waals surface area (Å²) in [7, 11) is -3.72. The third-order valence-corrected chi connectivity index (χ3v) is 16.2. The first-order valence-electron chi connectivity index (χ1n) is 17.6. The number of carbonyl (C=O) groups excluding carboxylic acids is 2. The molecular formula is C37H53NO10S. The molecular weight excluding hydrogens is 650 g/mol. The van der Waals surface area contributed by atoms with Crippen LogP contribution in [0.2, 0.25) is 0 Å². The van der Waals surface area contributed by atoms with Gasteiger partial charge in [-0.1, -0.05) is 40.2 Å². The van der Waals surface area contributed by atoms with E-state index in [4.69, 9.17) is 13.6 Å². The Morgan fingerprint density at radius 1 is 0.939 bits per heavy atom. The zero-order valence-electron chi connectivity index (χ0n) is 30.4. The fourth-order valence-corrected chi connectivity index (χ4v) is 13.1. The molecule has 0 saturated heterocycles. The van der Waals surface area contributed by atoms with Gasteiger partial charge in [-0.05, 0) is 118 Å². The van der Waals surface area contributed by atoms with E-state index in [1.807, 2.05) is 13.0 Å². The van der Waals surface area contributed by atoms with Crippen molar-refractivity contribution >= 4 is 27.7 Å². The van der Waals surface area contributed by atoms with Crippen LogP contribution in [-0.2, 0) is 35.8 Å². The molecule has 1 unspecified atom stereocenters. The van der Waals surface area contributed by atoms with Crippen LogP contribution >= 0.6 is 0 Å². The van der Waals surface area contributed by atoms with E-state index in [2.05, 4.69) is 39.3 Å². The van der Waals surface area contributed by atoms with Gasteiger partial charge in [-0.3, -0.25) is 14.4 Å². The summed E-state index contributed by atoms with van der Waals surface area (Å²) in [6.07, 6.45) is 8.65. The fraction of sp³-hybridized carbons (Fsp3) is 0.784. The second kappa shape index (κ2) is 10.9. The van der Waals surface area contributed by atoms with Crippen molar-refractivity contribution in [3.8, 4) is 0 Å². The van der Waals surface area contributed by atoms with E-state index >= 15 is 0 Å². The van der Waals surface area contributed by atoms with Crippen molar-refractivity contribution in [3.05, 3.63) is 33.8 Å². The molecule has 6 rings (SSSR count). The molecule has 4 saturated carbocycles. The van der Waals surface area contributed by atoms with E-state index in [1.165, 1.54) is 6.92 Å². The van der Waals surface area contributed by atoms with Crippen LogP contribution in [0.5, 0.6) is 0 Å². The molecule has 0 aliphatic heterocycles. The summed E-state index contributed by atoms with van der Waals surface area (Å²) in [5.41, 5.74) is -3.32. The van der Waals surface area contributed by atoms with E-state index in [1.54, 1.807) is 6.92 Å². The van der Waals surface area contributed by atoms with Gasteiger partial charge in [0.25, 0.3) is 0 Å². The van der Waals surface area contributed by atoms with Crippen LogP contribution in [0.3, 0.4) is 0 Å². The number of esters is 1. The smallest absolute Gasteiger partial charge is 0.481 e. The predicted octanol–water partition coefficient (Wildman–Crippen LogP) is 5.94. The van der Waals surface area contributed by atoms with Crippen molar-refractivity contribution in [1.29, 1.82) is 0 Å². The summed E-state index contributed by atoms with van der Waals surface area (Å²) in [4.78, 5) is 53.4. The number of carbonyl (C=O) groups is 3. The van der Waals surface area contributed by atoms with E-state index in [0.29, 0.717) is 38.5 Å². The Kier molecular flexibility index (Phi) is 8.02. The number of ketones is 1. The average Bonchev–Trinajstić information content (AvgIpc) is 3.31. The molecule has 0 amide bonds. The minimum absolute atomic E-state index is 0.0105. The van der Waals surface area contributed by atoms with Gasteiger partial charge >= 0.3 is 17.8 Å². The topological polar surface area (TPSA) is 170 Å². The Hall–Kier alpha value is -2.73. The normalized spacial score (nSPS) is 44.9. The van der Waals surface area contributed by atoms with Crippen molar-refractivity contribution in [2.45, 2.75) is 126 Å². The number of nitrogens with one attached hydrogen (secondary N) is 1. The summed E-state index contributed by atoms with van der Waals surface area (Å²) in [6.45, 7) is 15.9. The van der Waals surface area contributed by atoms with Crippen LogP contribution in [0.25, 0.3) is 0 Å². The van der Waals surface area contributed by atoms with Crippen LogP contribution in [0, 0.1) is 56.7 Å². The Labute approximate surface area is 289 Å². The summed E-state index contributed by atoms with van der Waals surface area (Å²) >= 11 is 0. The van der Waals surface area contributed by atoms with Crippen LogP contribution < -0.4 is 10.5 Å². The Morgan fingerprint density at radius 3 is 2.18 bits per heavy atom. The van der Waals surface area contributed by atoms with Gasteiger partial charge < -0.3 is 18.7 Å². The van der Waals surface area contributed by atoms with Gasteiger partial charge in [0, 0.05) is 12.0 Å². The molecule has 0 aromatic carbocycles. The molecule has 49 heavy (non-hydrogen) atoms. The average molecular weight is 704 g/mol. The fourth-order valence-electron chi connectivity index (χ4n) is 12.2. The van der Waals surface area contributed by atoms with Gasteiger partial charge in [0.1, 0.15) is 0 Å². The minimum Gasteiger partial charge on any atom is -0.481 e. The third-order valence-electron chi connectivity index (χ3n) is 15.4. The molecule has 1 aromatic rings. The van der Waals surface area contributed by atoms with E-state index in [-0.39, 0.29) is 34.7 Å². The number of ether oxygens (including phenoxy) is 1. The largest absolute Gasteiger partial charge is 0.519 e. The molecule has 272 valence electrons. The highest BCUT2D eigenvalue weighted by molar-refractivity contribution is 7.88. The first-order valence-corrected chi connectivity index (χ1v) is 19.5. The second-order valence-corrected chi connectivity index (χ2v) is 19.7. The van der Waals surface area contributed by atoms with Crippen molar-refractivity contribution in [2.24, 2.45) is 49.7 Å². The number of fused-ring (bicyclic) bond motifs is 7. The van der Waals surface area contributed by atoms with Gasteiger partial charge in [0.2, 0.25) is 10.0 Å². The standard InChI is InChI=1S/C37H53NO10S/c1-21-23(48-30(43)47-21)19-46-29(42)37(8)24-10-13-35(6)27(33(24,4)12-11-26(37)38-49(9,44)45)22(39)18-25-34(35,5)17-16-32(3)15-14-31(2,28(40)41)20-36(25,32)7/h18,24,26-27,38H,10-17,19-20H2,1-9H3,(H,40,41)/t24?,26-,27+,31-,32+,33-,34+,35+,36-,37-/m0/s1. The monoisotopic (exact) mass is 703 g/mol. The number of hydrogen-bond donors (Lipinski definition) is 2. The highest BCUT2D eigenvalue weighted by Gasteiger charge is 2.73. The van der Waals surface area contributed by atoms with Gasteiger partial charge in [-0.15, -0.1) is 0 Å². The molecule has 11 nitrogen and oxygen atoms in total. The molecule has 1 aromatic heterocycles. The number of aryl methyl sites for hydroxylation is 1. The van der Waals surface area contributed by atoms with Crippen LogP contribution in [0.4, 0.5) is 0 Å². The lowest BCUT2D eigenvalue weighted by atomic mass is 9.31. The summed E-state index contributed by atoms with van der Waals surface area (Å²) < 4.78 is 43.8. The lowest BCUT2D eigenvalue weighted by molar-refractivity contribution is -0.208. The first kappa shape index (κ1) is 36.1. The maximum Gasteiger partial charge on any atom is 0.519 e. The minimum atomic E-state index is -3.72. The molecule has 1 heterocycles. The van der Waals surface area contributed by atoms with Crippen molar-refractivity contribution in [1.82, 2.24) is 4.72 Å². The van der Waals surface area contributed by atoms with Crippen molar-refractivity contribution in [2.75, 3.05) is 6.26 Å². The number of carboxylic acids is 1. The number of carboxylic acid groups (broad SMARTS) is 1. The van der Waals surface area contributed by atoms with Crippen LogP contribution in [0.15, 0.2) is 25.3 Å². The van der Waals surface area contributed by atoms with Gasteiger partial charge in [-0.25, -0.2) is 17.9 Å². The maximum absolute atomic E-state index is 14.9. The van der Waals surface area contributed by atoms with E-state index < -0.39 is 72.7 Å². The van der Waals surface area contributed by atoms with Crippen molar-refractivity contribution in [3.63, 3.8) is 0 Å². The number of hydrogen-bond acceptors (Lipinski definition) is 9. The lowest BCUT2D eigenvalue weighted by Crippen LogP contribution is -2.70. The SMILES string of the molecule is Cc1oc(=O)oc1COC(=O)[C@@]1(C)C2CC[C@]3(C)[C@H](C(=O)C=C4[C@]5(C)C[C@@](C)(C(=O)O)CC[C@]5(C)CC[C@]43C)[C@@]2(C)CC[C@@H]1NS(C)(=O)=O. The van der Waals surface area contributed by atoms with Gasteiger partial charge in [-0.2, -0.15) is 0 Å². The van der Waals surface area contributed by atoms with Crippen molar-refractivity contribution < 1.29 is 41.5 Å². The molecule has 12 heteroatoms. The number of rotatable bonds is 6. The van der Waals surface area contributed by atoms with E-state index in [9.17, 15) is 32.7 Å². The first-order chi connectivity index (χ1) is 22.4. The molecule has 0 radical (unpaired) electrons. The number of allylic oxidation sites excluding steroid dienone is 2. The molecule has 10 atom stereocenters. The third kappa shape index (κ3) is 4.92. The molecule has 5 aliphatic carbocycles. The highest BCUT2D eigenvalue weighted by atomic mass is 32.2. The Bertz CT molecular complexity index is 1810. The second-order valence-electron chi connectivity index (χ2n) is 17.9. The summed E-state index contributed by atoms with van der Waals surface area (Å²) in [6, 6.07) is -0.777. The predicted molar refractivity (Wildman–Crippen MR) is 180 cm³/mol. The molecule has 2 N–H and O–H groups in total. The quantitative estimate of drug-likeness (QED) is 0.338. The number of aliphatic carboxylic acids is 1. The van der Waals surface area contributed by atoms with E-state index in [0.717, 1.165) is 31.1 Å². The zero-order chi connectivity index (χ0) is 36.4. The van der Waals surface area contributed by atoms with Crippen LogP contribution in [0.1, 0.15) is 118 Å². The Morgan fingerprint density at radius 2 is 1.59 bits per heavy atom. The molecule has 5 aliphatic rings. The molecule has 4 fully saturated rings. The molecule has 0 spiro atoms. The van der Waals surface area contributed by atoms with Crippen LogP contribution in [-0.4, -0.2) is 43.5 Å². The molecule has 0 bridgehead atoms. The van der Waals surface area contributed by atoms with Gasteiger partial charge in [0.15, 0.2) is 23.9 Å². The lowest BCUT2D eigenvalue weighted by Gasteiger charge is -2.72. The summed E-state index contributed by atoms with van der Waals surface area (Å²) in [5, 5.41) is 10.3. The highest BCUT2D eigenvalue weighted by Crippen LogP contribution is 2.77. The Balaban J connectivity index is 1.43. The maximum atomic E-state index is 14.9. The zero-order valence-corrected chi connectivity index (χ0v) is 31.2. The van der Waals surface area contributed by atoms with Gasteiger partial charge in [0.05, 0.1) is 17.1 Å². The number of sulfonamides is 1. The summed E-state index contributed by atoms with van der Waals surface area (Å²) in [5.74, 6) is -2.90.